The van der Waals surface area contributed by atoms with E-state index < -0.39 is 23.7 Å². The maximum Gasteiger partial charge on any atom is 0.316 e. The third-order valence-electron chi connectivity index (χ3n) is 9.63. The van der Waals surface area contributed by atoms with Crippen molar-refractivity contribution >= 4 is 46.7 Å². The van der Waals surface area contributed by atoms with Gasteiger partial charge in [-0.05, 0) is 52.6 Å². The molecule has 2 heterocycles. The van der Waals surface area contributed by atoms with Crippen LogP contribution in [0, 0.1) is 17.8 Å². The van der Waals surface area contributed by atoms with Crippen LogP contribution in [0.2, 0.25) is 5.02 Å². The van der Waals surface area contributed by atoms with Crippen molar-refractivity contribution in [2.24, 2.45) is 17.8 Å². The van der Waals surface area contributed by atoms with Gasteiger partial charge in [0.1, 0.15) is 11.5 Å². The van der Waals surface area contributed by atoms with E-state index in [0.717, 1.165) is 22.3 Å². The van der Waals surface area contributed by atoms with Crippen LogP contribution in [0.15, 0.2) is 91.0 Å². The molecule has 2 bridgehead atoms. The third-order valence-corrected chi connectivity index (χ3v) is 9.87. The molecule has 2 saturated heterocycles. The molecular formula is C36H27ClN2O6. The van der Waals surface area contributed by atoms with Crippen molar-refractivity contribution in [1.82, 2.24) is 0 Å². The van der Waals surface area contributed by atoms with Crippen LogP contribution < -0.4 is 19.3 Å². The van der Waals surface area contributed by atoms with Gasteiger partial charge in [-0.1, -0.05) is 66.2 Å². The Hall–Kier alpha value is -4.95. The third kappa shape index (κ3) is 4.12. The summed E-state index contributed by atoms with van der Waals surface area (Å²) in [5, 5.41) is 0.438. The molecule has 5 aliphatic rings. The minimum absolute atomic E-state index is 0.0372. The summed E-state index contributed by atoms with van der Waals surface area (Å²) < 4.78 is 11.1. The minimum atomic E-state index is -0.726. The predicted molar refractivity (Wildman–Crippen MR) is 167 cm³/mol. The summed E-state index contributed by atoms with van der Waals surface area (Å²) in [6.45, 7) is 0.102. The Morgan fingerprint density at radius 3 is 1.96 bits per heavy atom. The summed E-state index contributed by atoms with van der Waals surface area (Å²) in [6.07, 6.45) is -0.0372. The second-order valence-electron chi connectivity index (χ2n) is 11.9. The fraction of sp³-hybridized carbons (Fsp3) is 0.222. The summed E-state index contributed by atoms with van der Waals surface area (Å²) in [7, 11) is 1.50. The van der Waals surface area contributed by atoms with E-state index in [1.807, 2.05) is 24.3 Å². The zero-order valence-electron chi connectivity index (χ0n) is 24.2. The van der Waals surface area contributed by atoms with Crippen LogP contribution in [-0.4, -0.2) is 37.3 Å². The first-order valence-corrected chi connectivity index (χ1v) is 15.2. The monoisotopic (exact) mass is 618 g/mol. The highest BCUT2D eigenvalue weighted by atomic mass is 35.5. The van der Waals surface area contributed by atoms with Crippen molar-refractivity contribution in [3.05, 3.63) is 118 Å². The van der Waals surface area contributed by atoms with Crippen molar-refractivity contribution in [2.45, 2.75) is 18.3 Å². The molecule has 8 nitrogen and oxygen atoms in total. The first-order chi connectivity index (χ1) is 21.9. The lowest BCUT2D eigenvalue weighted by Crippen LogP contribution is -2.41. The van der Waals surface area contributed by atoms with Gasteiger partial charge in [0.15, 0.2) is 0 Å². The van der Waals surface area contributed by atoms with Crippen LogP contribution in [0.3, 0.4) is 0 Å². The van der Waals surface area contributed by atoms with Gasteiger partial charge in [-0.2, -0.15) is 0 Å². The van der Waals surface area contributed by atoms with Gasteiger partial charge in [0.05, 0.1) is 36.2 Å². The van der Waals surface area contributed by atoms with Gasteiger partial charge in [0.2, 0.25) is 17.7 Å². The van der Waals surface area contributed by atoms with Crippen molar-refractivity contribution in [3.8, 4) is 11.5 Å². The minimum Gasteiger partial charge on any atom is -0.495 e. The number of benzene rings is 4. The number of ether oxygens (including phenoxy) is 2. The maximum absolute atomic E-state index is 14.1. The van der Waals surface area contributed by atoms with Crippen LogP contribution in [0.25, 0.3) is 0 Å². The topological polar surface area (TPSA) is 93.2 Å². The van der Waals surface area contributed by atoms with E-state index in [0.29, 0.717) is 22.1 Å². The Bertz CT molecular complexity index is 1820. The van der Waals surface area contributed by atoms with Crippen LogP contribution in [0.5, 0.6) is 11.5 Å². The number of carbonyl (C=O) groups excluding carboxylic acids is 4. The molecule has 2 aliphatic heterocycles. The standard InChI is InChI=1S/C36H27ClN2O6/c1-44-28-14-13-20(37)16-27(28)38-18-19(15-29(38)40)36(43)45-22-8-6-7-21(17-22)39-34(41)32-30-23-9-2-3-10-24(23)31(33(32)35(39)42)26-12-5-4-11-25(26)30/h2-14,16-17,19,30-33H,15,18H2,1H3/t19-,30?,31?,32-,33+/m0/s1. The zero-order valence-corrected chi connectivity index (χ0v) is 24.9. The lowest BCUT2D eigenvalue weighted by molar-refractivity contribution is -0.139. The van der Waals surface area contributed by atoms with Crippen LogP contribution in [-0.2, 0) is 19.2 Å². The van der Waals surface area contributed by atoms with Gasteiger partial charge >= 0.3 is 5.97 Å². The van der Waals surface area contributed by atoms with E-state index in [1.54, 1.807) is 42.5 Å². The zero-order chi connectivity index (χ0) is 31.0. The number of hydrogen-bond donors (Lipinski definition) is 0. The molecule has 4 aromatic rings. The fourth-order valence-electron chi connectivity index (χ4n) is 7.79. The maximum atomic E-state index is 14.1. The highest BCUT2D eigenvalue weighted by Crippen LogP contribution is 2.61. The largest absolute Gasteiger partial charge is 0.495 e. The summed E-state index contributed by atoms with van der Waals surface area (Å²) in [5.41, 5.74) is 5.24. The molecule has 0 radical (unpaired) electrons. The molecular weight excluding hydrogens is 592 g/mol. The molecule has 224 valence electrons. The number of nitrogens with zero attached hydrogens (tertiary/aromatic N) is 2. The van der Waals surface area contributed by atoms with Gasteiger partial charge in [0, 0.05) is 35.9 Å². The molecule has 4 aromatic carbocycles. The molecule has 2 fully saturated rings. The van der Waals surface area contributed by atoms with Gasteiger partial charge in [-0.3, -0.25) is 19.2 Å². The van der Waals surface area contributed by atoms with E-state index in [1.165, 1.54) is 16.9 Å². The predicted octanol–water partition coefficient (Wildman–Crippen LogP) is 5.70. The number of hydrogen-bond acceptors (Lipinski definition) is 6. The molecule has 0 saturated carbocycles. The number of amides is 3. The van der Waals surface area contributed by atoms with Crippen molar-refractivity contribution in [3.63, 3.8) is 0 Å². The Morgan fingerprint density at radius 1 is 0.778 bits per heavy atom. The number of halogens is 1. The van der Waals surface area contributed by atoms with Crippen molar-refractivity contribution < 1.29 is 28.7 Å². The van der Waals surface area contributed by atoms with Crippen molar-refractivity contribution in [2.75, 3.05) is 23.5 Å². The molecule has 0 spiro atoms. The SMILES string of the molecule is COc1ccc(Cl)cc1N1C[C@@H](C(=O)Oc2cccc(N3C(=O)[C@@H]4C5c6ccccc6C(c6ccccc65)[C@@H]4C3=O)c2)CC1=O. The van der Waals surface area contributed by atoms with Crippen LogP contribution in [0.1, 0.15) is 40.5 Å². The number of carbonyl (C=O) groups is 4. The van der Waals surface area contributed by atoms with Crippen molar-refractivity contribution in [1.29, 1.82) is 0 Å². The van der Waals surface area contributed by atoms with E-state index in [2.05, 4.69) is 24.3 Å². The molecule has 3 aliphatic carbocycles. The number of anilines is 2. The molecule has 0 N–H and O–H groups in total. The fourth-order valence-corrected chi connectivity index (χ4v) is 7.96. The molecule has 9 rings (SSSR count). The normalized spacial score (nSPS) is 24.4. The first kappa shape index (κ1) is 27.6. The number of methoxy groups -OCH3 is 1. The lowest BCUT2D eigenvalue weighted by Gasteiger charge is -2.45. The molecule has 45 heavy (non-hydrogen) atoms. The number of esters is 1. The smallest absolute Gasteiger partial charge is 0.316 e. The van der Waals surface area contributed by atoms with Gasteiger partial charge in [0.25, 0.3) is 0 Å². The van der Waals surface area contributed by atoms with E-state index in [-0.39, 0.29) is 48.3 Å². The molecule has 0 unspecified atom stereocenters. The summed E-state index contributed by atoms with van der Waals surface area (Å²) in [5.74, 6) is -2.86. The molecule has 9 heteroatoms. The second kappa shape index (κ2) is 10.3. The number of rotatable bonds is 5. The summed E-state index contributed by atoms with van der Waals surface area (Å²) in [4.78, 5) is 57.1. The Morgan fingerprint density at radius 2 is 1.38 bits per heavy atom. The van der Waals surface area contributed by atoms with E-state index in [4.69, 9.17) is 21.1 Å². The average molecular weight is 619 g/mol. The highest BCUT2D eigenvalue weighted by molar-refractivity contribution is 6.31. The Balaban J connectivity index is 1.05. The van der Waals surface area contributed by atoms with Gasteiger partial charge < -0.3 is 14.4 Å². The quantitative estimate of drug-likeness (QED) is 0.162. The first-order valence-electron chi connectivity index (χ1n) is 14.9. The van der Waals surface area contributed by atoms with Crippen LogP contribution >= 0.6 is 11.6 Å². The summed E-state index contributed by atoms with van der Waals surface area (Å²) >= 11 is 6.16. The molecule has 3 amide bonds. The van der Waals surface area contributed by atoms with E-state index in [9.17, 15) is 19.2 Å². The van der Waals surface area contributed by atoms with Crippen LogP contribution in [0.4, 0.5) is 11.4 Å². The lowest BCUT2D eigenvalue weighted by atomic mass is 9.55. The van der Waals surface area contributed by atoms with E-state index >= 15 is 0 Å². The highest BCUT2D eigenvalue weighted by Gasteiger charge is 2.61. The van der Waals surface area contributed by atoms with Gasteiger partial charge in [-0.25, -0.2) is 4.90 Å². The second-order valence-corrected chi connectivity index (χ2v) is 12.4. The Labute approximate surface area is 264 Å². The molecule has 0 aromatic heterocycles. The number of imide groups is 1. The summed E-state index contributed by atoms with van der Waals surface area (Å²) in [6, 6.07) is 27.6. The molecule has 3 atom stereocenters. The van der Waals surface area contributed by atoms with Gasteiger partial charge in [-0.15, -0.1) is 0 Å². The average Bonchev–Trinajstić information content (AvgIpc) is 3.57. The Kier molecular flexibility index (Phi) is 6.32.